The maximum Gasteiger partial charge on any atom is 0.309 e. The summed E-state index contributed by atoms with van der Waals surface area (Å²) in [5, 5.41) is 6.30. The Labute approximate surface area is 269 Å². The van der Waals surface area contributed by atoms with E-state index in [9.17, 15) is 14.4 Å². The number of halogens is 2. The molecule has 3 aromatic heterocycles. The summed E-state index contributed by atoms with van der Waals surface area (Å²) in [5.74, 6) is -0.605. The van der Waals surface area contributed by atoms with Gasteiger partial charge in [-0.05, 0) is 32.1 Å². The molecule has 1 aliphatic heterocycles. The summed E-state index contributed by atoms with van der Waals surface area (Å²) >= 11 is 15.7. The van der Waals surface area contributed by atoms with Crippen LogP contribution in [-0.2, 0) is 25.6 Å². The number of rotatable bonds is 13. The van der Waals surface area contributed by atoms with Gasteiger partial charge >= 0.3 is 11.9 Å². The highest BCUT2D eigenvalue weighted by Gasteiger charge is 2.25. The number of pyridine rings is 1. The van der Waals surface area contributed by atoms with E-state index in [1.54, 1.807) is 6.07 Å². The molecule has 43 heavy (non-hydrogen) atoms. The molecular formula is C29H35Cl2N5O5S2. The van der Waals surface area contributed by atoms with Crippen molar-refractivity contribution in [2.45, 2.75) is 58.6 Å². The summed E-state index contributed by atoms with van der Waals surface area (Å²) in [7, 11) is 2.08. The van der Waals surface area contributed by atoms with Crippen molar-refractivity contribution in [3.8, 4) is 10.6 Å². The molecule has 10 nitrogen and oxygen atoms in total. The monoisotopic (exact) mass is 667 g/mol. The summed E-state index contributed by atoms with van der Waals surface area (Å²) in [6.07, 6.45) is 4.74. The van der Waals surface area contributed by atoms with Crippen LogP contribution in [-0.4, -0.2) is 72.1 Å². The number of carbonyl (C=O) groups is 3. The summed E-state index contributed by atoms with van der Waals surface area (Å²) in [4.78, 5) is 51.5. The predicted molar refractivity (Wildman–Crippen MR) is 171 cm³/mol. The van der Waals surface area contributed by atoms with Gasteiger partial charge in [0.15, 0.2) is 5.13 Å². The van der Waals surface area contributed by atoms with Crippen LogP contribution in [0.2, 0.25) is 10.0 Å². The topological polar surface area (TPSA) is 114 Å². The van der Waals surface area contributed by atoms with Gasteiger partial charge < -0.3 is 19.3 Å². The van der Waals surface area contributed by atoms with E-state index in [0.717, 1.165) is 34.8 Å². The van der Waals surface area contributed by atoms with Crippen molar-refractivity contribution in [3.05, 3.63) is 44.2 Å². The number of piperidine rings is 1. The van der Waals surface area contributed by atoms with Gasteiger partial charge in [0.1, 0.15) is 18.5 Å². The van der Waals surface area contributed by atoms with E-state index in [1.165, 1.54) is 35.8 Å². The Balaban J connectivity index is 1.37. The number of thiophene rings is 1. The average Bonchev–Trinajstić information content (AvgIpc) is 3.57. The summed E-state index contributed by atoms with van der Waals surface area (Å²) in [6, 6.07) is 3.50. The highest BCUT2D eigenvalue weighted by atomic mass is 35.5. The molecule has 3 aromatic rings. The number of thiazole rings is 1. The molecule has 0 aromatic carbocycles. The minimum absolute atomic E-state index is 0.0111. The molecule has 1 N–H and O–H groups in total. The minimum atomic E-state index is -0.429. The van der Waals surface area contributed by atoms with Crippen LogP contribution in [0.15, 0.2) is 23.7 Å². The summed E-state index contributed by atoms with van der Waals surface area (Å²) < 4.78 is 10.3. The van der Waals surface area contributed by atoms with Gasteiger partial charge in [-0.2, -0.15) is 0 Å². The molecule has 1 aliphatic rings. The van der Waals surface area contributed by atoms with Gasteiger partial charge in [0, 0.05) is 55.9 Å². The lowest BCUT2D eigenvalue weighted by molar-refractivity contribution is -0.152. The molecule has 1 amide bonds. The molecule has 232 valence electrons. The maximum atomic E-state index is 13.2. The molecule has 0 aliphatic carbocycles. The fourth-order valence-corrected chi connectivity index (χ4v) is 7.05. The van der Waals surface area contributed by atoms with Crippen molar-refractivity contribution in [1.29, 1.82) is 0 Å². The summed E-state index contributed by atoms with van der Waals surface area (Å²) in [5.41, 5.74) is 1.15. The smallest absolute Gasteiger partial charge is 0.309 e. The molecule has 4 heterocycles. The second-order valence-corrected chi connectivity index (χ2v) is 13.1. The van der Waals surface area contributed by atoms with Crippen molar-refractivity contribution in [1.82, 2.24) is 14.9 Å². The van der Waals surface area contributed by atoms with Crippen molar-refractivity contribution in [2.75, 3.05) is 43.5 Å². The van der Waals surface area contributed by atoms with Crippen LogP contribution in [0, 0.1) is 0 Å². The fraction of sp³-hybridized carbons (Fsp3) is 0.483. The van der Waals surface area contributed by atoms with E-state index in [4.69, 9.17) is 37.7 Å². The van der Waals surface area contributed by atoms with Crippen molar-refractivity contribution >= 4 is 74.7 Å². The number of esters is 2. The Kier molecular flexibility index (Phi) is 12.2. The fourth-order valence-electron chi connectivity index (χ4n) is 4.56. The molecule has 0 saturated carbocycles. The average molecular weight is 669 g/mol. The number of nitrogens with zero attached hydrogens (tertiary/aromatic N) is 4. The van der Waals surface area contributed by atoms with E-state index < -0.39 is 11.9 Å². The number of aromatic nitrogens is 2. The zero-order chi connectivity index (χ0) is 30.9. The van der Waals surface area contributed by atoms with Gasteiger partial charge in [0.25, 0.3) is 5.91 Å². The number of hydrogen-bond donors (Lipinski definition) is 1. The number of unbranched alkanes of at least 4 members (excludes halogenated alkanes) is 1. The number of hydrogen-bond acceptors (Lipinski definition) is 11. The molecular weight excluding hydrogens is 633 g/mol. The van der Waals surface area contributed by atoms with Crippen molar-refractivity contribution in [2.24, 2.45) is 0 Å². The van der Waals surface area contributed by atoms with Crippen molar-refractivity contribution < 1.29 is 23.9 Å². The van der Waals surface area contributed by atoms with Gasteiger partial charge in [-0.1, -0.05) is 47.9 Å². The van der Waals surface area contributed by atoms with Crippen LogP contribution in [0.5, 0.6) is 0 Å². The lowest BCUT2D eigenvalue weighted by atomic mass is 10.1. The number of amides is 1. The molecule has 14 heteroatoms. The highest BCUT2D eigenvalue weighted by Crippen LogP contribution is 2.37. The quantitative estimate of drug-likeness (QED) is 0.203. The third kappa shape index (κ3) is 9.61. The SMILES string of the molecule is CCCCN(C)Cc1sc(NC(=O)c2cnc(N3CCC(OC(=O)CCOC(C)=O)CC3)c(Cl)c2)nc1-c1cc(Cl)cs1. The Bertz CT molecular complexity index is 1420. The number of nitrogens with one attached hydrogen (secondary N) is 1. The van der Waals surface area contributed by atoms with Crippen LogP contribution in [0.4, 0.5) is 10.9 Å². The molecule has 0 atom stereocenters. The van der Waals surface area contributed by atoms with Crippen LogP contribution in [0.3, 0.4) is 0 Å². The number of carbonyl (C=O) groups excluding carboxylic acids is 3. The third-order valence-corrected chi connectivity index (χ3v) is 9.28. The number of anilines is 2. The van der Waals surface area contributed by atoms with Crippen LogP contribution in [0.25, 0.3) is 10.6 Å². The molecule has 1 fully saturated rings. The first-order valence-corrected chi connectivity index (χ1v) is 16.6. The van der Waals surface area contributed by atoms with Crippen molar-refractivity contribution in [3.63, 3.8) is 0 Å². The molecule has 0 unspecified atom stereocenters. The Morgan fingerprint density at radius 3 is 2.63 bits per heavy atom. The van der Waals surface area contributed by atoms with E-state index in [0.29, 0.717) is 59.0 Å². The second-order valence-electron chi connectivity index (χ2n) is 10.3. The Morgan fingerprint density at radius 1 is 1.21 bits per heavy atom. The first kappa shape index (κ1) is 33.1. The molecule has 0 radical (unpaired) electrons. The van der Waals surface area contributed by atoms with Gasteiger partial charge in [-0.15, -0.1) is 11.3 Å². The first-order valence-electron chi connectivity index (χ1n) is 14.1. The standard InChI is InChI=1S/C29H35Cl2N5O5S2/c1-4-5-9-35(3)16-24-26(23-14-20(30)17-42-23)33-29(43-24)34-28(39)19-13-22(31)27(32-15-19)36-10-6-21(7-11-36)41-25(38)8-12-40-18(2)37/h13-15,17,21H,4-12,16H2,1-3H3,(H,33,34,39). The zero-order valence-electron chi connectivity index (χ0n) is 24.4. The van der Waals surface area contributed by atoms with Crippen LogP contribution >= 0.6 is 45.9 Å². The van der Waals surface area contributed by atoms with Gasteiger partial charge in [-0.3, -0.25) is 19.7 Å². The van der Waals surface area contributed by atoms with Gasteiger partial charge in [-0.25, -0.2) is 9.97 Å². The van der Waals surface area contributed by atoms with Crippen LogP contribution < -0.4 is 10.2 Å². The van der Waals surface area contributed by atoms with E-state index in [1.807, 2.05) is 16.3 Å². The minimum Gasteiger partial charge on any atom is -0.465 e. The first-order chi connectivity index (χ1) is 20.6. The maximum absolute atomic E-state index is 13.2. The van der Waals surface area contributed by atoms with Crippen LogP contribution in [0.1, 0.15) is 61.2 Å². The predicted octanol–water partition coefficient (Wildman–Crippen LogP) is 6.52. The lowest BCUT2D eigenvalue weighted by Gasteiger charge is -2.33. The molecule has 1 saturated heterocycles. The third-order valence-electron chi connectivity index (χ3n) is 6.76. The molecule has 0 spiro atoms. The van der Waals surface area contributed by atoms with E-state index in [2.05, 4.69) is 29.2 Å². The zero-order valence-corrected chi connectivity index (χ0v) is 27.5. The van der Waals surface area contributed by atoms with E-state index in [-0.39, 0.29) is 25.0 Å². The summed E-state index contributed by atoms with van der Waals surface area (Å²) in [6.45, 7) is 6.33. The van der Waals surface area contributed by atoms with Gasteiger partial charge in [0.2, 0.25) is 0 Å². The van der Waals surface area contributed by atoms with E-state index >= 15 is 0 Å². The largest absolute Gasteiger partial charge is 0.465 e. The Hall–Kier alpha value is -2.77. The normalized spacial score (nSPS) is 13.8. The Morgan fingerprint density at radius 2 is 1.98 bits per heavy atom. The number of ether oxygens (including phenoxy) is 2. The molecule has 0 bridgehead atoms. The highest BCUT2D eigenvalue weighted by molar-refractivity contribution is 7.17. The second kappa shape index (κ2) is 15.8. The molecule has 4 rings (SSSR count). The lowest BCUT2D eigenvalue weighted by Crippen LogP contribution is -2.38. The van der Waals surface area contributed by atoms with Gasteiger partial charge in [0.05, 0.1) is 32.6 Å².